The van der Waals surface area contributed by atoms with Crippen molar-refractivity contribution in [3.63, 3.8) is 0 Å². The first-order valence-electron chi connectivity index (χ1n) is 8.53. The molecule has 0 saturated heterocycles. The number of ether oxygens (including phenoxy) is 1. The van der Waals surface area contributed by atoms with Gasteiger partial charge in [0, 0.05) is 18.7 Å². The molecule has 134 valence electrons. The van der Waals surface area contributed by atoms with Crippen molar-refractivity contribution in [2.24, 2.45) is 0 Å². The second-order valence-electron chi connectivity index (χ2n) is 6.23. The minimum absolute atomic E-state index is 0.103. The average molecular weight is 370 g/mol. The van der Waals surface area contributed by atoms with E-state index in [4.69, 9.17) is 16.3 Å². The largest absolute Gasteiger partial charge is 0.489 e. The SMILES string of the molecule is Cc1ccc(CNCc2cccc(OCc3c(F)cccc3Cl)c2)cc1. The van der Waals surface area contributed by atoms with Gasteiger partial charge in [-0.1, -0.05) is 59.6 Å². The van der Waals surface area contributed by atoms with Gasteiger partial charge in [-0.05, 0) is 42.3 Å². The number of halogens is 2. The van der Waals surface area contributed by atoms with E-state index in [9.17, 15) is 4.39 Å². The molecular weight excluding hydrogens is 349 g/mol. The maximum atomic E-state index is 13.8. The van der Waals surface area contributed by atoms with Crippen molar-refractivity contribution in [3.05, 3.63) is 99.8 Å². The molecule has 0 unspecified atom stereocenters. The minimum atomic E-state index is -0.353. The monoisotopic (exact) mass is 369 g/mol. The van der Waals surface area contributed by atoms with Crippen molar-refractivity contribution < 1.29 is 9.13 Å². The van der Waals surface area contributed by atoms with Gasteiger partial charge >= 0.3 is 0 Å². The Kier molecular flexibility index (Phi) is 6.26. The number of nitrogens with one attached hydrogen (secondary N) is 1. The average Bonchev–Trinajstić information content (AvgIpc) is 2.63. The molecule has 0 aliphatic rings. The third-order valence-corrected chi connectivity index (χ3v) is 4.48. The van der Waals surface area contributed by atoms with Gasteiger partial charge in [-0.3, -0.25) is 0 Å². The van der Waals surface area contributed by atoms with E-state index in [1.54, 1.807) is 12.1 Å². The van der Waals surface area contributed by atoms with Crippen LogP contribution in [0.2, 0.25) is 5.02 Å². The molecule has 1 N–H and O–H groups in total. The van der Waals surface area contributed by atoms with Gasteiger partial charge in [-0.2, -0.15) is 0 Å². The van der Waals surface area contributed by atoms with Crippen LogP contribution in [0.1, 0.15) is 22.3 Å². The summed E-state index contributed by atoms with van der Waals surface area (Å²) in [6.07, 6.45) is 0. The molecule has 3 aromatic carbocycles. The Labute approximate surface area is 158 Å². The fourth-order valence-electron chi connectivity index (χ4n) is 2.63. The smallest absolute Gasteiger partial charge is 0.131 e. The summed E-state index contributed by atoms with van der Waals surface area (Å²) < 4.78 is 19.5. The summed E-state index contributed by atoms with van der Waals surface area (Å²) in [6, 6.07) is 20.9. The predicted molar refractivity (Wildman–Crippen MR) is 104 cm³/mol. The van der Waals surface area contributed by atoms with Gasteiger partial charge in [0.05, 0.1) is 5.02 Å². The first-order chi connectivity index (χ1) is 12.6. The highest BCUT2D eigenvalue weighted by molar-refractivity contribution is 6.31. The highest BCUT2D eigenvalue weighted by Crippen LogP contribution is 2.22. The van der Waals surface area contributed by atoms with E-state index in [1.807, 2.05) is 24.3 Å². The summed E-state index contributed by atoms with van der Waals surface area (Å²) in [5.74, 6) is 0.340. The second-order valence-corrected chi connectivity index (χ2v) is 6.63. The molecule has 0 aliphatic carbocycles. The van der Waals surface area contributed by atoms with Crippen LogP contribution in [0.4, 0.5) is 4.39 Å². The molecule has 0 aromatic heterocycles. The van der Waals surface area contributed by atoms with Gasteiger partial charge in [0.15, 0.2) is 0 Å². The van der Waals surface area contributed by atoms with E-state index in [1.165, 1.54) is 17.2 Å². The van der Waals surface area contributed by atoms with Crippen LogP contribution >= 0.6 is 11.6 Å². The van der Waals surface area contributed by atoms with Gasteiger partial charge < -0.3 is 10.1 Å². The molecule has 3 aromatic rings. The molecule has 0 bridgehead atoms. The lowest BCUT2D eigenvalue weighted by Gasteiger charge is -2.11. The molecule has 0 aliphatic heterocycles. The number of benzene rings is 3. The summed E-state index contributed by atoms with van der Waals surface area (Å²) in [4.78, 5) is 0. The van der Waals surface area contributed by atoms with Crippen molar-refractivity contribution in [2.75, 3.05) is 0 Å². The summed E-state index contributed by atoms with van der Waals surface area (Å²) in [6.45, 7) is 3.71. The van der Waals surface area contributed by atoms with Crippen LogP contribution in [0.15, 0.2) is 66.7 Å². The van der Waals surface area contributed by atoms with E-state index in [-0.39, 0.29) is 12.4 Å². The number of hydrogen-bond acceptors (Lipinski definition) is 2. The molecule has 26 heavy (non-hydrogen) atoms. The topological polar surface area (TPSA) is 21.3 Å². The molecule has 0 radical (unpaired) electrons. The summed E-state index contributed by atoms with van der Waals surface area (Å²) >= 11 is 6.03. The van der Waals surface area contributed by atoms with Crippen LogP contribution in [0.3, 0.4) is 0 Å². The first-order valence-corrected chi connectivity index (χ1v) is 8.90. The van der Waals surface area contributed by atoms with Crippen LogP contribution in [0.5, 0.6) is 5.75 Å². The summed E-state index contributed by atoms with van der Waals surface area (Å²) in [5, 5.41) is 3.80. The lowest BCUT2D eigenvalue weighted by molar-refractivity contribution is 0.299. The fourth-order valence-corrected chi connectivity index (χ4v) is 2.85. The van der Waals surface area contributed by atoms with Crippen molar-refractivity contribution in [1.82, 2.24) is 5.32 Å². The predicted octanol–water partition coefficient (Wildman–Crippen LogP) is 5.66. The molecule has 0 saturated carbocycles. The van der Waals surface area contributed by atoms with Crippen molar-refractivity contribution >= 4 is 11.6 Å². The normalized spacial score (nSPS) is 10.7. The van der Waals surface area contributed by atoms with Gasteiger partial charge in [0.1, 0.15) is 18.2 Å². The van der Waals surface area contributed by atoms with Gasteiger partial charge in [0.25, 0.3) is 0 Å². The Morgan fingerprint density at radius 3 is 2.42 bits per heavy atom. The van der Waals surface area contributed by atoms with Crippen LogP contribution in [0.25, 0.3) is 0 Å². The standard InChI is InChI=1S/C22H21ClFNO/c1-16-8-10-17(11-9-16)13-25-14-18-4-2-5-19(12-18)26-15-20-21(23)6-3-7-22(20)24/h2-12,25H,13-15H2,1H3. The Hall–Kier alpha value is -2.36. The van der Waals surface area contributed by atoms with Crippen molar-refractivity contribution in [3.8, 4) is 5.75 Å². The molecule has 0 amide bonds. The summed E-state index contributed by atoms with van der Waals surface area (Å²) in [7, 11) is 0. The zero-order valence-corrected chi connectivity index (χ0v) is 15.4. The van der Waals surface area contributed by atoms with Crippen LogP contribution in [-0.4, -0.2) is 0 Å². The van der Waals surface area contributed by atoms with E-state index in [0.29, 0.717) is 16.3 Å². The molecule has 4 heteroatoms. The minimum Gasteiger partial charge on any atom is -0.489 e. The zero-order chi connectivity index (χ0) is 18.4. The molecule has 3 rings (SSSR count). The lowest BCUT2D eigenvalue weighted by atomic mass is 10.1. The summed E-state index contributed by atoms with van der Waals surface area (Å²) in [5.41, 5.74) is 3.98. The third kappa shape index (κ3) is 5.07. The maximum absolute atomic E-state index is 13.8. The Morgan fingerprint density at radius 2 is 1.65 bits per heavy atom. The number of hydrogen-bond donors (Lipinski definition) is 1. The number of aryl methyl sites for hydroxylation is 1. The van der Waals surface area contributed by atoms with Gasteiger partial charge in [-0.15, -0.1) is 0 Å². The zero-order valence-electron chi connectivity index (χ0n) is 14.6. The molecular formula is C22H21ClFNO. The van der Waals surface area contributed by atoms with Gasteiger partial charge in [-0.25, -0.2) is 4.39 Å². The molecule has 0 heterocycles. The van der Waals surface area contributed by atoms with Crippen molar-refractivity contribution in [1.29, 1.82) is 0 Å². The van der Waals surface area contributed by atoms with E-state index < -0.39 is 0 Å². The maximum Gasteiger partial charge on any atom is 0.131 e. The van der Waals surface area contributed by atoms with E-state index >= 15 is 0 Å². The Balaban J connectivity index is 1.55. The highest BCUT2D eigenvalue weighted by atomic mass is 35.5. The highest BCUT2D eigenvalue weighted by Gasteiger charge is 2.08. The molecule has 0 spiro atoms. The van der Waals surface area contributed by atoms with Crippen molar-refractivity contribution in [2.45, 2.75) is 26.6 Å². The first kappa shape index (κ1) is 18.4. The molecule has 0 fully saturated rings. The van der Waals surface area contributed by atoms with Gasteiger partial charge in [0.2, 0.25) is 0 Å². The quantitative estimate of drug-likeness (QED) is 0.580. The fraction of sp³-hybridized carbons (Fsp3) is 0.182. The second kappa shape index (κ2) is 8.84. The third-order valence-electron chi connectivity index (χ3n) is 4.12. The van der Waals surface area contributed by atoms with E-state index in [2.05, 4.69) is 36.5 Å². The molecule has 0 atom stereocenters. The van der Waals surface area contributed by atoms with E-state index in [0.717, 1.165) is 18.7 Å². The Morgan fingerprint density at radius 1 is 0.923 bits per heavy atom. The van der Waals surface area contributed by atoms with Crippen LogP contribution < -0.4 is 10.1 Å². The lowest BCUT2D eigenvalue weighted by Crippen LogP contribution is -2.12. The van der Waals surface area contributed by atoms with Crippen LogP contribution in [0, 0.1) is 12.7 Å². The Bertz CT molecular complexity index is 844. The van der Waals surface area contributed by atoms with Crippen LogP contribution in [-0.2, 0) is 19.7 Å². The molecule has 2 nitrogen and oxygen atoms in total. The number of rotatable bonds is 7.